The summed E-state index contributed by atoms with van der Waals surface area (Å²) in [6, 6.07) is 0. The molecule has 0 bridgehead atoms. The summed E-state index contributed by atoms with van der Waals surface area (Å²) in [5.41, 5.74) is 0.890. The van der Waals surface area contributed by atoms with Crippen molar-refractivity contribution in [2.24, 2.45) is 5.41 Å². The molecular weight excluding hydrogens is 141 g/mol. The van der Waals surface area contributed by atoms with Crippen LogP contribution >= 0.6 is 0 Å². The zero-order valence-corrected chi connectivity index (χ0v) is 7.12. The van der Waals surface area contributed by atoms with Crippen LogP contribution in [0.1, 0.15) is 32.6 Å². The molecule has 0 radical (unpaired) electrons. The molecule has 0 heterocycles. The lowest BCUT2D eigenvalue weighted by atomic mass is 9.96. The van der Waals surface area contributed by atoms with Crippen LogP contribution < -0.4 is 5.32 Å². The second kappa shape index (κ2) is 2.19. The van der Waals surface area contributed by atoms with Crippen LogP contribution in [0.5, 0.6) is 0 Å². The smallest absolute Gasteiger partial charge is 0.102 e. The number of hydrogen-bond acceptors (Lipinski definition) is 1. The lowest BCUT2D eigenvalue weighted by Crippen LogP contribution is -2.39. The van der Waals surface area contributed by atoms with Crippen LogP contribution in [0.3, 0.4) is 0 Å². The highest BCUT2D eigenvalue weighted by Gasteiger charge is 2.61. The Morgan fingerprint density at radius 3 is 2.27 bits per heavy atom. The van der Waals surface area contributed by atoms with Gasteiger partial charge in [0.1, 0.15) is 6.67 Å². The van der Waals surface area contributed by atoms with E-state index in [9.17, 15) is 4.39 Å². The Labute approximate surface area is 67.4 Å². The van der Waals surface area contributed by atoms with Gasteiger partial charge in [-0.1, -0.05) is 6.92 Å². The molecule has 2 aliphatic carbocycles. The first-order valence-corrected chi connectivity index (χ1v) is 4.54. The molecule has 2 rings (SSSR count). The van der Waals surface area contributed by atoms with E-state index in [4.69, 9.17) is 0 Å². The minimum Gasteiger partial charge on any atom is -0.308 e. The maximum absolute atomic E-state index is 11.9. The third-order valence-corrected chi connectivity index (χ3v) is 3.46. The SMILES string of the molecule is CC1(C2(NCCF)CC2)CC1. The molecule has 2 heteroatoms. The molecule has 2 saturated carbocycles. The van der Waals surface area contributed by atoms with E-state index in [2.05, 4.69) is 12.2 Å². The number of nitrogens with one attached hydrogen (secondary N) is 1. The van der Waals surface area contributed by atoms with E-state index in [1.807, 2.05) is 0 Å². The van der Waals surface area contributed by atoms with Gasteiger partial charge in [-0.05, 0) is 31.1 Å². The van der Waals surface area contributed by atoms with Crippen LogP contribution in [0.25, 0.3) is 0 Å². The molecule has 0 aromatic carbocycles. The molecule has 0 saturated heterocycles. The molecule has 1 nitrogen and oxygen atoms in total. The molecule has 1 N–H and O–H groups in total. The van der Waals surface area contributed by atoms with Crippen LogP contribution in [0.2, 0.25) is 0 Å². The van der Waals surface area contributed by atoms with Crippen LogP contribution in [0.15, 0.2) is 0 Å². The van der Waals surface area contributed by atoms with Crippen molar-refractivity contribution in [2.75, 3.05) is 13.2 Å². The van der Waals surface area contributed by atoms with Gasteiger partial charge in [0.25, 0.3) is 0 Å². The number of hydrogen-bond donors (Lipinski definition) is 1. The summed E-state index contributed by atoms with van der Waals surface area (Å²) in [5.74, 6) is 0. The highest BCUT2D eigenvalue weighted by atomic mass is 19.1. The molecule has 2 fully saturated rings. The minimum atomic E-state index is -0.224. The molecule has 0 amide bonds. The zero-order valence-electron chi connectivity index (χ0n) is 7.12. The fourth-order valence-electron chi connectivity index (χ4n) is 2.07. The van der Waals surface area contributed by atoms with Crippen LogP contribution in [0, 0.1) is 5.41 Å². The average Bonchev–Trinajstić information content (AvgIpc) is 2.81. The van der Waals surface area contributed by atoms with E-state index in [0.29, 0.717) is 17.5 Å². The first kappa shape index (κ1) is 7.53. The molecule has 0 aromatic rings. The monoisotopic (exact) mass is 157 g/mol. The predicted molar refractivity (Wildman–Crippen MR) is 43.3 cm³/mol. The Morgan fingerprint density at radius 1 is 1.27 bits per heavy atom. The quantitative estimate of drug-likeness (QED) is 0.657. The molecule has 0 atom stereocenters. The van der Waals surface area contributed by atoms with Crippen molar-refractivity contribution in [3.05, 3.63) is 0 Å². The lowest BCUT2D eigenvalue weighted by Gasteiger charge is -2.23. The summed E-state index contributed by atoms with van der Waals surface area (Å²) in [4.78, 5) is 0. The van der Waals surface area contributed by atoms with Gasteiger partial charge in [0, 0.05) is 12.1 Å². The second-order valence-electron chi connectivity index (χ2n) is 4.26. The van der Waals surface area contributed by atoms with E-state index < -0.39 is 0 Å². The Balaban J connectivity index is 1.89. The van der Waals surface area contributed by atoms with Gasteiger partial charge >= 0.3 is 0 Å². The van der Waals surface area contributed by atoms with Gasteiger partial charge in [-0.3, -0.25) is 0 Å². The van der Waals surface area contributed by atoms with Gasteiger partial charge < -0.3 is 5.32 Å². The molecular formula is C9H16FN. The highest BCUT2D eigenvalue weighted by molar-refractivity contribution is 5.18. The molecule has 64 valence electrons. The summed E-state index contributed by atoms with van der Waals surface area (Å²) in [7, 11) is 0. The predicted octanol–water partition coefficient (Wildman–Crippen LogP) is 1.88. The van der Waals surface area contributed by atoms with Gasteiger partial charge in [-0.2, -0.15) is 0 Å². The summed E-state index contributed by atoms with van der Waals surface area (Å²) < 4.78 is 11.9. The van der Waals surface area contributed by atoms with E-state index in [1.165, 1.54) is 25.7 Å². The Hall–Kier alpha value is -0.110. The molecule has 2 aliphatic rings. The molecule has 11 heavy (non-hydrogen) atoms. The van der Waals surface area contributed by atoms with Crippen LogP contribution in [0.4, 0.5) is 4.39 Å². The second-order valence-corrected chi connectivity index (χ2v) is 4.26. The molecule has 0 spiro atoms. The van der Waals surface area contributed by atoms with E-state index in [-0.39, 0.29) is 6.67 Å². The van der Waals surface area contributed by atoms with E-state index in [0.717, 1.165) is 0 Å². The van der Waals surface area contributed by atoms with Gasteiger partial charge in [-0.25, -0.2) is 4.39 Å². The van der Waals surface area contributed by atoms with Gasteiger partial charge in [0.2, 0.25) is 0 Å². The number of rotatable bonds is 4. The minimum absolute atomic E-state index is 0.224. The largest absolute Gasteiger partial charge is 0.308 e. The topological polar surface area (TPSA) is 12.0 Å². The Bertz CT molecular complexity index is 159. The highest BCUT2D eigenvalue weighted by Crippen LogP contribution is 2.63. The fraction of sp³-hybridized carbons (Fsp3) is 1.00. The van der Waals surface area contributed by atoms with Crippen molar-refractivity contribution in [2.45, 2.75) is 38.1 Å². The summed E-state index contributed by atoms with van der Waals surface area (Å²) in [5, 5.41) is 3.35. The van der Waals surface area contributed by atoms with Crippen LogP contribution in [-0.2, 0) is 0 Å². The average molecular weight is 157 g/mol. The van der Waals surface area contributed by atoms with Crippen molar-refractivity contribution in [1.82, 2.24) is 5.32 Å². The maximum Gasteiger partial charge on any atom is 0.102 e. The zero-order chi connectivity index (χ0) is 7.95. The van der Waals surface area contributed by atoms with Gasteiger partial charge in [0.15, 0.2) is 0 Å². The first-order valence-electron chi connectivity index (χ1n) is 4.54. The van der Waals surface area contributed by atoms with Crippen LogP contribution in [-0.4, -0.2) is 18.8 Å². The fourth-order valence-corrected chi connectivity index (χ4v) is 2.07. The molecule has 0 aliphatic heterocycles. The van der Waals surface area contributed by atoms with Crippen molar-refractivity contribution < 1.29 is 4.39 Å². The Kier molecular flexibility index (Phi) is 1.50. The van der Waals surface area contributed by atoms with Crippen molar-refractivity contribution in [1.29, 1.82) is 0 Å². The first-order chi connectivity index (χ1) is 5.22. The lowest BCUT2D eigenvalue weighted by molar-refractivity contribution is 0.318. The maximum atomic E-state index is 11.9. The van der Waals surface area contributed by atoms with Crippen molar-refractivity contribution in [3.63, 3.8) is 0 Å². The standard InChI is InChI=1S/C9H16FN/c1-8(2-3-8)9(4-5-9)11-7-6-10/h11H,2-7H2,1H3. The number of alkyl halides is 1. The molecule has 0 aromatic heterocycles. The third-order valence-electron chi connectivity index (χ3n) is 3.46. The summed E-state index contributed by atoms with van der Waals surface area (Å²) >= 11 is 0. The molecule has 0 unspecified atom stereocenters. The summed E-state index contributed by atoms with van der Waals surface area (Å²) in [6.45, 7) is 2.65. The summed E-state index contributed by atoms with van der Waals surface area (Å²) in [6.07, 6.45) is 5.21. The van der Waals surface area contributed by atoms with E-state index in [1.54, 1.807) is 0 Å². The van der Waals surface area contributed by atoms with Gasteiger partial charge in [-0.15, -0.1) is 0 Å². The normalized spacial score (nSPS) is 30.0. The van der Waals surface area contributed by atoms with E-state index >= 15 is 0 Å². The Morgan fingerprint density at radius 2 is 1.91 bits per heavy atom. The van der Waals surface area contributed by atoms with Gasteiger partial charge in [0.05, 0.1) is 0 Å². The third kappa shape index (κ3) is 1.08. The van der Waals surface area contributed by atoms with Crippen molar-refractivity contribution >= 4 is 0 Å². The number of halogens is 1. The van der Waals surface area contributed by atoms with Crippen molar-refractivity contribution in [3.8, 4) is 0 Å².